The van der Waals surface area contributed by atoms with Gasteiger partial charge in [-0.2, -0.15) is 4.98 Å². The number of carbonyl (C=O) groups is 1. The summed E-state index contributed by atoms with van der Waals surface area (Å²) in [5.74, 6) is 1.45. The van der Waals surface area contributed by atoms with E-state index in [9.17, 15) is 4.79 Å². The van der Waals surface area contributed by atoms with Gasteiger partial charge in [-0.3, -0.25) is 9.69 Å². The van der Waals surface area contributed by atoms with Gasteiger partial charge < -0.3 is 14.6 Å². The highest BCUT2D eigenvalue weighted by Crippen LogP contribution is 2.21. The molecule has 1 fully saturated rings. The molecule has 1 amide bonds. The van der Waals surface area contributed by atoms with E-state index in [0.29, 0.717) is 31.4 Å². The number of halogens is 1. The predicted octanol–water partition coefficient (Wildman–Crippen LogP) is 3.25. The van der Waals surface area contributed by atoms with Crippen LogP contribution in [-0.2, 0) is 16.1 Å². The zero-order valence-corrected chi connectivity index (χ0v) is 17.8. The first-order chi connectivity index (χ1) is 13.7. The summed E-state index contributed by atoms with van der Waals surface area (Å²) in [6.45, 7) is 6.40. The van der Waals surface area contributed by atoms with Crippen molar-refractivity contribution in [2.45, 2.75) is 32.7 Å². The van der Waals surface area contributed by atoms with E-state index in [0.717, 1.165) is 49.0 Å². The van der Waals surface area contributed by atoms with E-state index in [4.69, 9.17) is 9.26 Å². The second-order valence-corrected chi connectivity index (χ2v) is 7.83. The van der Waals surface area contributed by atoms with Crippen molar-refractivity contribution < 1.29 is 14.1 Å². The predicted molar refractivity (Wildman–Crippen MR) is 110 cm³/mol. The quantitative estimate of drug-likeness (QED) is 0.590. The van der Waals surface area contributed by atoms with Crippen LogP contribution in [0.3, 0.4) is 0 Å². The largest absolute Gasteiger partial charge is 0.382 e. The number of hydrogen-bond acceptors (Lipinski definition) is 6. The molecule has 0 unspecified atom stereocenters. The number of benzene rings is 1. The minimum Gasteiger partial charge on any atom is -0.382 e. The smallest absolute Gasteiger partial charge is 0.241 e. The molecule has 2 heterocycles. The molecule has 0 aliphatic carbocycles. The van der Waals surface area contributed by atoms with E-state index in [1.807, 2.05) is 31.2 Å². The molecule has 7 nitrogen and oxygen atoms in total. The van der Waals surface area contributed by atoms with Gasteiger partial charge in [-0.15, -0.1) is 0 Å². The number of carbonyl (C=O) groups excluding carboxylic acids is 1. The highest BCUT2D eigenvalue weighted by atomic mass is 79.9. The number of aromatic nitrogens is 2. The summed E-state index contributed by atoms with van der Waals surface area (Å²) < 4.78 is 11.7. The van der Waals surface area contributed by atoms with Gasteiger partial charge in [-0.05, 0) is 63.5 Å². The number of hydrogen-bond donors (Lipinski definition) is 1. The second-order valence-electron chi connectivity index (χ2n) is 6.91. The standard InChI is InChI=1S/C20H27BrN4O3/c1-2-27-13-3-10-22-20(26)16-8-11-25(12-9-16)14-18-23-19(24-28-18)15-4-6-17(21)7-5-15/h4-7,16H,2-3,8-14H2,1H3,(H,22,26). The number of amides is 1. The maximum atomic E-state index is 12.3. The van der Waals surface area contributed by atoms with Gasteiger partial charge in [0.05, 0.1) is 6.54 Å². The van der Waals surface area contributed by atoms with Gasteiger partial charge in [0.1, 0.15) is 0 Å². The molecule has 8 heteroatoms. The Morgan fingerprint density at radius 1 is 1.32 bits per heavy atom. The second kappa shape index (κ2) is 10.7. The van der Waals surface area contributed by atoms with Crippen LogP contribution >= 0.6 is 15.9 Å². The van der Waals surface area contributed by atoms with Crippen LogP contribution < -0.4 is 5.32 Å². The molecular weight excluding hydrogens is 424 g/mol. The third-order valence-electron chi connectivity index (χ3n) is 4.86. The molecular formula is C20H27BrN4O3. The van der Waals surface area contributed by atoms with Crippen molar-refractivity contribution in [3.63, 3.8) is 0 Å². The molecule has 1 N–H and O–H groups in total. The number of piperidine rings is 1. The summed E-state index contributed by atoms with van der Waals surface area (Å²) in [7, 11) is 0. The van der Waals surface area contributed by atoms with Gasteiger partial charge >= 0.3 is 0 Å². The monoisotopic (exact) mass is 450 g/mol. The molecule has 0 spiro atoms. The lowest BCUT2D eigenvalue weighted by Gasteiger charge is -2.30. The average molecular weight is 451 g/mol. The fraction of sp³-hybridized carbons (Fsp3) is 0.550. The van der Waals surface area contributed by atoms with Crippen molar-refractivity contribution in [1.29, 1.82) is 0 Å². The first kappa shape index (κ1) is 21.0. The summed E-state index contributed by atoms with van der Waals surface area (Å²) in [6, 6.07) is 7.82. The van der Waals surface area contributed by atoms with E-state index in [-0.39, 0.29) is 11.8 Å². The Balaban J connectivity index is 1.41. The van der Waals surface area contributed by atoms with Crippen LogP contribution in [0.25, 0.3) is 11.4 Å². The van der Waals surface area contributed by atoms with Crippen molar-refractivity contribution in [2.24, 2.45) is 5.92 Å². The molecule has 152 valence electrons. The van der Waals surface area contributed by atoms with Crippen LogP contribution in [0, 0.1) is 5.92 Å². The van der Waals surface area contributed by atoms with Crippen LogP contribution in [-0.4, -0.2) is 53.8 Å². The van der Waals surface area contributed by atoms with Crippen molar-refractivity contribution in [3.8, 4) is 11.4 Å². The number of ether oxygens (including phenoxy) is 1. The van der Waals surface area contributed by atoms with E-state index in [1.54, 1.807) is 0 Å². The third kappa shape index (κ3) is 6.12. The highest BCUT2D eigenvalue weighted by molar-refractivity contribution is 9.10. The zero-order chi connectivity index (χ0) is 19.8. The van der Waals surface area contributed by atoms with Crippen molar-refractivity contribution in [1.82, 2.24) is 20.4 Å². The first-order valence-electron chi connectivity index (χ1n) is 9.82. The Labute approximate surface area is 173 Å². The van der Waals surface area contributed by atoms with Gasteiger partial charge in [0.2, 0.25) is 17.6 Å². The normalized spacial score (nSPS) is 15.6. The Bertz CT molecular complexity index is 742. The maximum Gasteiger partial charge on any atom is 0.241 e. The van der Waals surface area contributed by atoms with Gasteiger partial charge in [-0.1, -0.05) is 21.1 Å². The molecule has 1 aliphatic rings. The fourth-order valence-corrected chi connectivity index (χ4v) is 3.52. The summed E-state index contributed by atoms with van der Waals surface area (Å²) in [4.78, 5) is 19.0. The zero-order valence-electron chi connectivity index (χ0n) is 16.2. The van der Waals surface area contributed by atoms with Gasteiger partial charge in [0.25, 0.3) is 0 Å². The molecule has 1 aromatic heterocycles. The SMILES string of the molecule is CCOCCCNC(=O)C1CCN(Cc2nc(-c3ccc(Br)cc3)no2)CC1. The summed E-state index contributed by atoms with van der Waals surface area (Å²) >= 11 is 3.42. The lowest BCUT2D eigenvalue weighted by Crippen LogP contribution is -2.40. The summed E-state index contributed by atoms with van der Waals surface area (Å²) in [5.41, 5.74) is 0.929. The van der Waals surface area contributed by atoms with Gasteiger partial charge in [0, 0.05) is 35.7 Å². The molecule has 1 aliphatic heterocycles. The Morgan fingerprint density at radius 2 is 2.07 bits per heavy atom. The van der Waals surface area contributed by atoms with Crippen LogP contribution in [0.1, 0.15) is 32.1 Å². The molecule has 0 radical (unpaired) electrons. The molecule has 3 rings (SSSR count). The Hall–Kier alpha value is -1.77. The fourth-order valence-electron chi connectivity index (χ4n) is 3.25. The topological polar surface area (TPSA) is 80.5 Å². The number of likely N-dealkylation sites (tertiary alicyclic amines) is 1. The lowest BCUT2D eigenvalue weighted by atomic mass is 9.96. The first-order valence-corrected chi connectivity index (χ1v) is 10.6. The summed E-state index contributed by atoms with van der Waals surface area (Å²) in [6.07, 6.45) is 2.56. The van der Waals surface area contributed by atoms with Crippen molar-refractivity contribution in [3.05, 3.63) is 34.6 Å². The van der Waals surface area contributed by atoms with Crippen molar-refractivity contribution in [2.75, 3.05) is 32.8 Å². The van der Waals surface area contributed by atoms with Crippen LogP contribution in [0.15, 0.2) is 33.3 Å². The number of nitrogens with one attached hydrogen (secondary N) is 1. The number of nitrogens with zero attached hydrogens (tertiary/aromatic N) is 3. The molecule has 28 heavy (non-hydrogen) atoms. The highest BCUT2D eigenvalue weighted by Gasteiger charge is 2.25. The van der Waals surface area contributed by atoms with E-state index in [1.165, 1.54) is 0 Å². The van der Waals surface area contributed by atoms with E-state index < -0.39 is 0 Å². The van der Waals surface area contributed by atoms with Crippen LogP contribution in [0.2, 0.25) is 0 Å². The molecule has 0 saturated carbocycles. The molecule has 2 aromatic rings. The third-order valence-corrected chi connectivity index (χ3v) is 5.39. The molecule has 0 atom stereocenters. The Kier molecular flexibility index (Phi) is 8.00. The van der Waals surface area contributed by atoms with Crippen molar-refractivity contribution >= 4 is 21.8 Å². The van der Waals surface area contributed by atoms with Gasteiger partial charge in [-0.25, -0.2) is 0 Å². The minimum absolute atomic E-state index is 0.0874. The number of rotatable bonds is 9. The van der Waals surface area contributed by atoms with Crippen LogP contribution in [0.5, 0.6) is 0 Å². The maximum absolute atomic E-state index is 12.3. The lowest BCUT2D eigenvalue weighted by molar-refractivity contribution is -0.126. The average Bonchev–Trinajstić information content (AvgIpc) is 3.17. The van der Waals surface area contributed by atoms with E-state index >= 15 is 0 Å². The summed E-state index contributed by atoms with van der Waals surface area (Å²) in [5, 5.41) is 7.10. The molecule has 1 aromatic carbocycles. The molecule has 0 bridgehead atoms. The molecule has 1 saturated heterocycles. The Morgan fingerprint density at radius 3 is 2.79 bits per heavy atom. The van der Waals surface area contributed by atoms with E-state index in [2.05, 4.69) is 36.3 Å². The van der Waals surface area contributed by atoms with Crippen LogP contribution in [0.4, 0.5) is 0 Å². The van der Waals surface area contributed by atoms with Gasteiger partial charge in [0.15, 0.2) is 0 Å². The minimum atomic E-state index is 0.0874.